The number of rotatable bonds is 16. The number of benzene rings is 1. The summed E-state index contributed by atoms with van der Waals surface area (Å²) in [6.45, 7) is 9.46. The number of Topliss-reactive ketones (excluding diaryl/α,β-unsaturated/α-hetero) is 1. The second-order valence-corrected chi connectivity index (χ2v) is 13.3. The lowest BCUT2D eigenvalue weighted by Gasteiger charge is -2.32. The van der Waals surface area contributed by atoms with Gasteiger partial charge in [0.2, 0.25) is 23.5 Å². The number of nitrogens with zero attached hydrogens (tertiary/aromatic N) is 3. The molecule has 1 fully saturated rings. The van der Waals surface area contributed by atoms with E-state index >= 15 is 8.78 Å². The van der Waals surface area contributed by atoms with Gasteiger partial charge in [-0.25, -0.2) is 4.98 Å². The van der Waals surface area contributed by atoms with Crippen molar-refractivity contribution >= 4 is 35.3 Å². The van der Waals surface area contributed by atoms with E-state index < -0.39 is 89.4 Å². The molecule has 51 heavy (non-hydrogen) atoms. The molecule has 1 saturated heterocycles. The van der Waals surface area contributed by atoms with Crippen molar-refractivity contribution in [1.29, 1.82) is 0 Å². The van der Waals surface area contributed by atoms with E-state index in [4.69, 9.17) is 0 Å². The van der Waals surface area contributed by atoms with Crippen LogP contribution in [-0.4, -0.2) is 98.0 Å². The van der Waals surface area contributed by atoms with Gasteiger partial charge in [-0.2, -0.15) is 8.78 Å². The molecule has 278 valence electrons. The summed E-state index contributed by atoms with van der Waals surface area (Å²) in [6, 6.07) is 2.01. The molecule has 0 bridgehead atoms. The third-order valence-corrected chi connectivity index (χ3v) is 8.58. The van der Waals surface area contributed by atoms with Crippen molar-refractivity contribution in [3.63, 3.8) is 0 Å². The summed E-state index contributed by atoms with van der Waals surface area (Å²) in [7, 11) is 0. The summed E-state index contributed by atoms with van der Waals surface area (Å²) in [6.07, 6.45) is 2.46. The first kappa shape index (κ1) is 40.6. The van der Waals surface area contributed by atoms with E-state index in [1.54, 1.807) is 65.0 Å². The summed E-state index contributed by atoms with van der Waals surface area (Å²) in [5.74, 6) is -12.2. The van der Waals surface area contributed by atoms with Crippen LogP contribution in [0.3, 0.4) is 0 Å². The van der Waals surface area contributed by atoms with Gasteiger partial charge in [-0.1, -0.05) is 71.4 Å². The molecule has 1 aliphatic heterocycles. The fraction of sp³-hybridized carbons (Fsp3) is 0.543. The number of hydrogen-bond acceptors (Lipinski definition) is 9. The Balaban J connectivity index is 1.75. The normalized spacial score (nSPS) is 18.4. The van der Waals surface area contributed by atoms with E-state index in [0.717, 1.165) is 4.90 Å². The molecule has 0 aliphatic carbocycles. The molecule has 2 heterocycles. The maximum Gasteiger partial charge on any atom is 0.383 e. The number of aromatic nitrogens is 2. The number of carbonyl (C=O) groups is 6. The van der Waals surface area contributed by atoms with Crippen LogP contribution in [0.4, 0.5) is 8.78 Å². The summed E-state index contributed by atoms with van der Waals surface area (Å²) in [4.78, 5) is 88.2. The highest BCUT2D eigenvalue weighted by Crippen LogP contribution is 2.25. The van der Waals surface area contributed by atoms with Gasteiger partial charge in [0.15, 0.2) is 0 Å². The Kier molecular flexibility index (Phi) is 14.2. The number of alkyl halides is 2. The van der Waals surface area contributed by atoms with Gasteiger partial charge >= 0.3 is 5.92 Å². The van der Waals surface area contributed by atoms with Crippen molar-refractivity contribution in [2.75, 3.05) is 6.54 Å². The molecule has 0 unspecified atom stereocenters. The van der Waals surface area contributed by atoms with Crippen LogP contribution in [0.5, 0.6) is 0 Å². The van der Waals surface area contributed by atoms with Crippen LogP contribution in [0.25, 0.3) is 0 Å². The Hall–Kier alpha value is -4.86. The molecule has 2 aromatic rings. The minimum Gasteiger partial charge on any atom is -0.391 e. The van der Waals surface area contributed by atoms with Gasteiger partial charge in [-0.15, -0.1) is 0 Å². The molecule has 0 spiro atoms. The first-order valence-corrected chi connectivity index (χ1v) is 16.9. The largest absolute Gasteiger partial charge is 0.391 e. The first-order valence-electron chi connectivity index (χ1n) is 16.9. The van der Waals surface area contributed by atoms with Crippen LogP contribution >= 0.6 is 0 Å². The number of likely N-dealkylation sites (tertiary alicyclic amines) is 1. The number of nitrogens with one attached hydrogen (secondary N) is 4. The second kappa shape index (κ2) is 17.9. The Morgan fingerprint density at radius 3 is 2.14 bits per heavy atom. The quantitative estimate of drug-likeness (QED) is 0.161. The van der Waals surface area contributed by atoms with Gasteiger partial charge in [0, 0.05) is 25.4 Å². The molecule has 1 aromatic carbocycles. The minimum atomic E-state index is -4.50. The van der Waals surface area contributed by atoms with E-state index in [-0.39, 0.29) is 31.5 Å². The van der Waals surface area contributed by atoms with E-state index in [9.17, 15) is 33.9 Å². The zero-order chi connectivity index (χ0) is 38.0. The zero-order valence-corrected chi connectivity index (χ0v) is 29.6. The average molecular weight is 716 g/mol. The van der Waals surface area contributed by atoms with Gasteiger partial charge in [0.25, 0.3) is 11.8 Å². The number of ketones is 1. The highest BCUT2D eigenvalue weighted by Gasteiger charge is 2.51. The number of β-amino-alcohol motifs (C(OH)–C–C–N with tert-alkyl or cyclic N) is 1. The predicted octanol–water partition coefficient (Wildman–Crippen LogP) is 1.70. The Morgan fingerprint density at radius 1 is 0.922 bits per heavy atom. The smallest absolute Gasteiger partial charge is 0.383 e. The van der Waals surface area contributed by atoms with Crippen molar-refractivity contribution < 1.29 is 42.7 Å². The van der Waals surface area contributed by atoms with Gasteiger partial charge in [0.1, 0.15) is 23.8 Å². The van der Waals surface area contributed by atoms with E-state index in [0.29, 0.717) is 5.56 Å². The van der Waals surface area contributed by atoms with E-state index in [2.05, 4.69) is 31.2 Å². The molecule has 3 rings (SSSR count). The highest BCUT2D eigenvalue weighted by atomic mass is 19.3. The molecular weight excluding hydrogens is 668 g/mol. The minimum absolute atomic E-state index is 0.0210. The summed E-state index contributed by atoms with van der Waals surface area (Å²) in [5.41, 5.74) is 0.520. The number of carbonyl (C=O) groups excluding carboxylic acids is 6. The van der Waals surface area contributed by atoms with Gasteiger partial charge < -0.3 is 31.3 Å². The molecule has 5 amide bonds. The molecule has 1 aliphatic rings. The van der Waals surface area contributed by atoms with Crippen molar-refractivity contribution in [3.05, 3.63) is 60.2 Å². The lowest BCUT2D eigenvalue weighted by atomic mass is 9.98. The summed E-state index contributed by atoms with van der Waals surface area (Å²) >= 11 is 0. The Labute approximate surface area is 295 Å². The van der Waals surface area contributed by atoms with Crippen LogP contribution in [0.15, 0.2) is 48.9 Å². The molecule has 5 N–H and O–H groups in total. The van der Waals surface area contributed by atoms with Crippen LogP contribution in [0, 0.1) is 11.8 Å². The number of halogens is 2. The molecular formula is C35H47F2N7O7. The zero-order valence-electron chi connectivity index (χ0n) is 29.6. The van der Waals surface area contributed by atoms with Crippen LogP contribution < -0.4 is 21.3 Å². The highest BCUT2D eigenvalue weighted by molar-refractivity contribution is 6.10. The van der Waals surface area contributed by atoms with Crippen molar-refractivity contribution in [1.82, 2.24) is 36.1 Å². The number of hydrogen-bond donors (Lipinski definition) is 5. The summed E-state index contributed by atoms with van der Waals surface area (Å²) in [5, 5.41) is 20.2. The Morgan fingerprint density at radius 2 is 1.57 bits per heavy atom. The average Bonchev–Trinajstić information content (AvgIpc) is 3.50. The second-order valence-electron chi connectivity index (χ2n) is 13.3. The van der Waals surface area contributed by atoms with Crippen LogP contribution in [0.2, 0.25) is 0 Å². The van der Waals surface area contributed by atoms with Crippen molar-refractivity contribution in [3.8, 4) is 0 Å². The van der Waals surface area contributed by atoms with Gasteiger partial charge in [-0.3, -0.25) is 33.8 Å². The van der Waals surface area contributed by atoms with Gasteiger partial charge in [-0.05, 0) is 30.7 Å². The van der Waals surface area contributed by atoms with Crippen molar-refractivity contribution in [2.45, 2.75) is 103 Å². The third kappa shape index (κ3) is 10.3. The molecule has 14 nitrogen and oxygen atoms in total. The topological polar surface area (TPSA) is 200 Å². The molecule has 1 aromatic heterocycles. The maximum absolute atomic E-state index is 15.3. The first-order chi connectivity index (χ1) is 24.0. The number of aliphatic hydroxyl groups excluding tert-OH is 1. The SMILES string of the molecule is CCC[C@H](NC(=O)[C@@H]1C[C@@H](O)CN1C(=O)[C@@H](NC(=O)[C@@H](NC(=O)c1cnccn1)C(C)C)C(C)C)C(=O)C(F)(F)C(=O)N[C@@H](C)c1ccccc1. The monoisotopic (exact) mass is 715 g/mol. The molecule has 16 heteroatoms. The van der Waals surface area contributed by atoms with E-state index in [1.807, 2.05) is 0 Å². The lowest BCUT2D eigenvalue weighted by molar-refractivity contribution is -0.161. The number of amides is 5. The standard InChI is InChI=1S/C35H47F2N7O7/c1-7-11-24(29(46)35(36,37)34(51)40-21(6)22-12-9-8-10-13-22)41-31(48)26-16-23(45)18-44(26)33(50)28(20(4)5)43-32(49)27(19(2)3)42-30(47)25-17-38-14-15-39-25/h8-10,12-15,17,19-21,23-24,26-28,45H,7,11,16,18H2,1-6H3,(H,40,51)(H,41,48)(H,42,47)(H,43,49)/t21-,23+,24-,26-,27-,28-/m0/s1. The molecule has 6 atom stereocenters. The molecule has 0 radical (unpaired) electrons. The van der Waals surface area contributed by atoms with Crippen LogP contribution in [-0.2, 0) is 24.0 Å². The third-order valence-electron chi connectivity index (χ3n) is 8.58. The Bertz CT molecular complexity index is 1550. The predicted molar refractivity (Wildman–Crippen MR) is 181 cm³/mol. The van der Waals surface area contributed by atoms with Gasteiger partial charge in [0.05, 0.1) is 24.4 Å². The van der Waals surface area contributed by atoms with Crippen molar-refractivity contribution in [2.24, 2.45) is 11.8 Å². The fourth-order valence-corrected chi connectivity index (χ4v) is 5.68. The van der Waals surface area contributed by atoms with E-state index in [1.165, 1.54) is 25.5 Å². The molecule has 0 saturated carbocycles. The van der Waals surface area contributed by atoms with Crippen LogP contribution in [0.1, 0.15) is 82.9 Å². The summed E-state index contributed by atoms with van der Waals surface area (Å²) < 4.78 is 30.6. The lowest BCUT2D eigenvalue weighted by Crippen LogP contribution is -2.60. The number of aliphatic hydroxyl groups is 1. The maximum atomic E-state index is 15.3. The fourth-order valence-electron chi connectivity index (χ4n) is 5.68.